The number of phenolic OH excluding ortho intramolecular Hbond substituents is 1. The summed E-state index contributed by atoms with van der Waals surface area (Å²) in [4.78, 5) is 26.4. The number of amides is 1. The van der Waals surface area contributed by atoms with Gasteiger partial charge in [-0.3, -0.25) is 4.79 Å². The molecule has 0 aromatic heterocycles. The van der Waals surface area contributed by atoms with E-state index in [1.54, 1.807) is 23.1 Å². The van der Waals surface area contributed by atoms with Gasteiger partial charge in [0.05, 0.1) is 0 Å². The van der Waals surface area contributed by atoms with E-state index in [9.17, 15) is 14.7 Å². The Labute approximate surface area is 146 Å². The molecule has 0 spiro atoms. The molecular formula is C20H21NO4. The van der Waals surface area contributed by atoms with Crippen LogP contribution in [0.1, 0.15) is 24.0 Å². The Morgan fingerprint density at radius 2 is 1.88 bits per heavy atom. The van der Waals surface area contributed by atoms with Crippen molar-refractivity contribution in [3.05, 3.63) is 65.7 Å². The molecule has 2 aromatic rings. The zero-order valence-corrected chi connectivity index (χ0v) is 13.9. The van der Waals surface area contributed by atoms with Gasteiger partial charge in [-0.2, -0.15) is 0 Å². The second-order valence-electron chi connectivity index (χ2n) is 6.17. The van der Waals surface area contributed by atoms with Crippen LogP contribution in [-0.2, 0) is 27.4 Å². The van der Waals surface area contributed by atoms with E-state index >= 15 is 0 Å². The molecule has 1 saturated heterocycles. The van der Waals surface area contributed by atoms with Gasteiger partial charge in [-0.25, -0.2) is 4.79 Å². The Kier molecular flexibility index (Phi) is 5.33. The third kappa shape index (κ3) is 4.38. The lowest BCUT2D eigenvalue weighted by Gasteiger charge is -2.26. The lowest BCUT2D eigenvalue weighted by Crippen LogP contribution is -2.44. The van der Waals surface area contributed by atoms with Crippen molar-refractivity contribution in [2.75, 3.05) is 6.54 Å². The first-order valence-corrected chi connectivity index (χ1v) is 8.41. The van der Waals surface area contributed by atoms with Crippen LogP contribution >= 0.6 is 0 Å². The summed E-state index contributed by atoms with van der Waals surface area (Å²) in [5.41, 5.74) is 1.70. The Hall–Kier alpha value is -2.82. The van der Waals surface area contributed by atoms with Crippen LogP contribution in [0.25, 0.3) is 0 Å². The maximum absolute atomic E-state index is 12.7. The smallest absolute Gasteiger partial charge is 0.329 e. The highest BCUT2D eigenvalue weighted by Crippen LogP contribution is 2.20. The van der Waals surface area contributed by atoms with Gasteiger partial charge < -0.3 is 14.7 Å². The van der Waals surface area contributed by atoms with Gasteiger partial charge in [0.15, 0.2) is 0 Å². The predicted molar refractivity (Wildman–Crippen MR) is 92.8 cm³/mol. The lowest BCUT2D eigenvalue weighted by molar-refractivity contribution is -0.154. The SMILES string of the molecule is O=C(OCc1ccccc1)[C@H](Cc1cccc(O)c1)N1CCCC1=O. The van der Waals surface area contributed by atoms with Gasteiger partial charge >= 0.3 is 5.97 Å². The molecule has 1 N–H and O–H groups in total. The zero-order valence-electron chi connectivity index (χ0n) is 13.9. The molecule has 1 atom stereocenters. The molecule has 1 aliphatic rings. The number of ether oxygens (including phenoxy) is 1. The van der Waals surface area contributed by atoms with Crippen molar-refractivity contribution >= 4 is 11.9 Å². The molecule has 2 aromatic carbocycles. The van der Waals surface area contributed by atoms with E-state index in [0.717, 1.165) is 17.5 Å². The summed E-state index contributed by atoms with van der Waals surface area (Å²) in [5.74, 6) is -0.300. The summed E-state index contributed by atoms with van der Waals surface area (Å²) in [6, 6.07) is 15.5. The minimum atomic E-state index is -0.666. The summed E-state index contributed by atoms with van der Waals surface area (Å²) >= 11 is 0. The fourth-order valence-corrected chi connectivity index (χ4v) is 3.05. The number of rotatable bonds is 6. The van der Waals surface area contributed by atoms with Crippen molar-refractivity contribution in [1.82, 2.24) is 4.90 Å². The van der Waals surface area contributed by atoms with E-state index in [-0.39, 0.29) is 18.3 Å². The minimum absolute atomic E-state index is 0.0261. The normalized spacial score (nSPS) is 15.2. The van der Waals surface area contributed by atoms with Crippen LogP contribution in [0.2, 0.25) is 0 Å². The first-order valence-electron chi connectivity index (χ1n) is 8.41. The van der Waals surface area contributed by atoms with Gasteiger partial charge in [0.2, 0.25) is 5.91 Å². The molecule has 1 amide bonds. The molecular weight excluding hydrogens is 318 g/mol. The number of carbonyl (C=O) groups excluding carboxylic acids is 2. The molecule has 1 fully saturated rings. The van der Waals surface area contributed by atoms with E-state index in [4.69, 9.17) is 4.74 Å². The molecule has 0 saturated carbocycles. The Balaban J connectivity index is 1.73. The fourth-order valence-electron chi connectivity index (χ4n) is 3.05. The Morgan fingerprint density at radius 3 is 2.56 bits per heavy atom. The largest absolute Gasteiger partial charge is 0.508 e. The molecule has 0 aliphatic carbocycles. The van der Waals surface area contributed by atoms with Gasteiger partial charge in [0.25, 0.3) is 0 Å². The molecule has 0 bridgehead atoms. The first-order chi connectivity index (χ1) is 12.1. The zero-order chi connectivity index (χ0) is 17.6. The van der Waals surface area contributed by atoms with E-state index in [1.165, 1.54) is 0 Å². The summed E-state index contributed by atoms with van der Waals surface area (Å²) in [6.45, 7) is 0.737. The van der Waals surface area contributed by atoms with Gasteiger partial charge in [-0.05, 0) is 29.7 Å². The first kappa shape index (κ1) is 17.0. The average molecular weight is 339 g/mol. The predicted octanol–water partition coefficient (Wildman–Crippen LogP) is 2.67. The highest BCUT2D eigenvalue weighted by Gasteiger charge is 2.34. The van der Waals surface area contributed by atoms with Gasteiger partial charge in [-0.15, -0.1) is 0 Å². The molecule has 5 heteroatoms. The van der Waals surface area contributed by atoms with Crippen LogP contribution < -0.4 is 0 Å². The van der Waals surface area contributed by atoms with E-state index in [2.05, 4.69) is 0 Å². The standard InChI is InChI=1S/C20H21NO4/c22-17-9-4-8-16(12-17)13-18(21-11-5-10-19(21)23)20(24)25-14-15-6-2-1-3-7-15/h1-4,6-9,12,18,22H,5,10-11,13-14H2/t18-/m0/s1. The maximum atomic E-state index is 12.7. The summed E-state index contributed by atoms with van der Waals surface area (Å²) in [7, 11) is 0. The van der Waals surface area contributed by atoms with Crippen LogP contribution in [0.4, 0.5) is 0 Å². The van der Waals surface area contributed by atoms with Crippen LogP contribution in [-0.4, -0.2) is 34.5 Å². The highest BCUT2D eigenvalue weighted by molar-refractivity contribution is 5.86. The van der Waals surface area contributed by atoms with Gasteiger partial charge in [0, 0.05) is 19.4 Å². The summed E-state index contributed by atoms with van der Waals surface area (Å²) in [6.07, 6.45) is 1.54. The fraction of sp³-hybridized carbons (Fsp3) is 0.300. The number of phenols is 1. The van der Waals surface area contributed by atoms with Crippen molar-refractivity contribution in [1.29, 1.82) is 0 Å². The lowest BCUT2D eigenvalue weighted by atomic mass is 10.0. The van der Waals surface area contributed by atoms with Crippen LogP contribution in [0, 0.1) is 0 Å². The number of nitrogens with zero attached hydrogens (tertiary/aromatic N) is 1. The monoisotopic (exact) mass is 339 g/mol. The van der Waals surface area contributed by atoms with Crippen LogP contribution in [0.3, 0.4) is 0 Å². The third-order valence-electron chi connectivity index (χ3n) is 4.32. The van der Waals surface area contributed by atoms with Crippen LogP contribution in [0.15, 0.2) is 54.6 Å². The molecule has 0 radical (unpaired) electrons. The van der Waals surface area contributed by atoms with Gasteiger partial charge in [0.1, 0.15) is 18.4 Å². The number of hydrogen-bond acceptors (Lipinski definition) is 4. The van der Waals surface area contributed by atoms with Gasteiger partial charge in [-0.1, -0.05) is 42.5 Å². The molecule has 1 heterocycles. The molecule has 5 nitrogen and oxygen atoms in total. The number of hydrogen-bond donors (Lipinski definition) is 1. The topological polar surface area (TPSA) is 66.8 Å². The number of carbonyl (C=O) groups is 2. The Morgan fingerprint density at radius 1 is 1.12 bits per heavy atom. The van der Waals surface area contributed by atoms with Crippen molar-refractivity contribution in [3.63, 3.8) is 0 Å². The van der Waals surface area contributed by atoms with Crippen molar-refractivity contribution < 1.29 is 19.4 Å². The average Bonchev–Trinajstić information content (AvgIpc) is 3.04. The number of aromatic hydroxyl groups is 1. The minimum Gasteiger partial charge on any atom is -0.508 e. The Bertz CT molecular complexity index is 744. The summed E-state index contributed by atoms with van der Waals surface area (Å²) in [5, 5.41) is 9.64. The van der Waals surface area contributed by atoms with E-state index < -0.39 is 12.0 Å². The number of benzene rings is 2. The van der Waals surface area contributed by atoms with Crippen molar-refractivity contribution in [3.8, 4) is 5.75 Å². The number of esters is 1. The van der Waals surface area contributed by atoms with E-state index in [0.29, 0.717) is 19.4 Å². The molecule has 25 heavy (non-hydrogen) atoms. The molecule has 3 rings (SSSR count). The highest BCUT2D eigenvalue weighted by atomic mass is 16.5. The third-order valence-corrected chi connectivity index (χ3v) is 4.32. The second-order valence-corrected chi connectivity index (χ2v) is 6.17. The van der Waals surface area contributed by atoms with Crippen molar-refractivity contribution in [2.45, 2.75) is 31.9 Å². The molecule has 1 aliphatic heterocycles. The second kappa shape index (κ2) is 7.83. The van der Waals surface area contributed by atoms with Crippen molar-refractivity contribution in [2.24, 2.45) is 0 Å². The maximum Gasteiger partial charge on any atom is 0.329 e. The quantitative estimate of drug-likeness (QED) is 0.822. The van der Waals surface area contributed by atoms with E-state index in [1.807, 2.05) is 36.4 Å². The van der Waals surface area contributed by atoms with Crippen LogP contribution in [0.5, 0.6) is 5.75 Å². The molecule has 0 unspecified atom stereocenters. The summed E-state index contributed by atoms with van der Waals surface area (Å²) < 4.78 is 5.46. The molecule has 130 valence electrons. The number of likely N-dealkylation sites (tertiary alicyclic amines) is 1.